The van der Waals surface area contributed by atoms with Gasteiger partial charge in [-0.15, -0.1) is 10.2 Å². The largest absolute Gasteiger partial charge is 0.498 e. The van der Waals surface area contributed by atoms with E-state index >= 15 is 0 Å². The molecule has 1 saturated carbocycles. The highest BCUT2D eigenvalue weighted by Crippen LogP contribution is 2.48. The van der Waals surface area contributed by atoms with Crippen molar-refractivity contribution in [3.8, 4) is 0 Å². The van der Waals surface area contributed by atoms with E-state index < -0.39 is 23.9 Å². The van der Waals surface area contributed by atoms with E-state index in [4.69, 9.17) is 9.26 Å². The summed E-state index contributed by atoms with van der Waals surface area (Å²) in [7, 11) is 0. The van der Waals surface area contributed by atoms with Crippen LogP contribution in [0.4, 0.5) is 23.6 Å². The van der Waals surface area contributed by atoms with Crippen LogP contribution < -0.4 is 4.90 Å². The lowest BCUT2D eigenvalue weighted by Crippen LogP contribution is -2.41. The van der Waals surface area contributed by atoms with Crippen LogP contribution in [0.3, 0.4) is 0 Å². The summed E-state index contributed by atoms with van der Waals surface area (Å²) in [5, 5.41) is 11.0. The molecule has 1 fully saturated rings. The number of amides is 1. The topological polar surface area (TPSA) is 102 Å². The van der Waals surface area contributed by atoms with E-state index in [1.54, 1.807) is 6.92 Å². The van der Waals surface area contributed by atoms with Gasteiger partial charge in [0, 0.05) is 38.0 Å². The van der Waals surface area contributed by atoms with E-state index in [0.29, 0.717) is 48.6 Å². The minimum atomic E-state index is -4.63. The zero-order valence-corrected chi connectivity index (χ0v) is 25.1. The van der Waals surface area contributed by atoms with Gasteiger partial charge in [-0.3, -0.25) is 4.79 Å². The molecule has 2 aliphatic carbocycles. The molecule has 0 spiro atoms. The molecule has 3 atom stereocenters. The van der Waals surface area contributed by atoms with Gasteiger partial charge in [-0.25, -0.2) is 4.39 Å². The summed E-state index contributed by atoms with van der Waals surface area (Å²) >= 11 is 0. The maximum absolute atomic E-state index is 14.9. The Morgan fingerprint density at radius 1 is 1.20 bits per heavy atom. The average Bonchev–Trinajstić information content (AvgIpc) is 3.35. The molecular formula is C30H37F4N7O3. The molecule has 3 unspecified atom stereocenters. The predicted octanol–water partition coefficient (Wildman–Crippen LogP) is 5.88. The van der Waals surface area contributed by atoms with Gasteiger partial charge < -0.3 is 23.6 Å². The van der Waals surface area contributed by atoms with Crippen LogP contribution in [0.5, 0.6) is 0 Å². The van der Waals surface area contributed by atoms with Gasteiger partial charge in [-0.2, -0.15) is 18.2 Å². The van der Waals surface area contributed by atoms with Crippen molar-refractivity contribution in [3.05, 3.63) is 52.4 Å². The Morgan fingerprint density at radius 2 is 2.02 bits per heavy atom. The molecule has 0 aromatic carbocycles. The second-order valence-electron chi connectivity index (χ2n) is 12.5. The summed E-state index contributed by atoms with van der Waals surface area (Å²) in [6.45, 7) is 7.76. The van der Waals surface area contributed by atoms with Crippen LogP contribution in [-0.2, 0) is 22.3 Å². The van der Waals surface area contributed by atoms with Crippen molar-refractivity contribution in [2.75, 3.05) is 31.1 Å². The van der Waals surface area contributed by atoms with Gasteiger partial charge in [-0.1, -0.05) is 30.7 Å². The first-order valence-corrected chi connectivity index (χ1v) is 15.2. The Labute approximate surface area is 252 Å². The number of allylic oxidation sites excluding steroid dienone is 3. The van der Waals surface area contributed by atoms with Crippen LogP contribution in [-0.4, -0.2) is 62.0 Å². The van der Waals surface area contributed by atoms with Gasteiger partial charge in [0.1, 0.15) is 5.83 Å². The highest BCUT2D eigenvalue weighted by atomic mass is 19.4. The molecule has 2 aromatic heterocycles. The summed E-state index contributed by atoms with van der Waals surface area (Å²) in [5.41, 5.74) is 1.85. The summed E-state index contributed by atoms with van der Waals surface area (Å²) in [6, 6.07) is -0.0712. The number of rotatable bonds is 9. The van der Waals surface area contributed by atoms with E-state index in [0.717, 1.165) is 42.7 Å². The smallest absolute Gasteiger partial charge is 0.451 e. The SMILES string of the molecule is CC(C)c1noc(N2CC=C(C3CC3CCOC3=CC(F)=C(CC(=O)N4Cc5nnc(C(F)(F)F)n5C(C)C4)CC3)CC2)n1. The molecule has 0 saturated heterocycles. The normalized spacial score (nSPS) is 24.0. The summed E-state index contributed by atoms with van der Waals surface area (Å²) < 4.78 is 67.0. The molecule has 0 bridgehead atoms. The number of ether oxygens (including phenoxy) is 1. The molecular weight excluding hydrogens is 582 g/mol. The average molecular weight is 620 g/mol. The summed E-state index contributed by atoms with van der Waals surface area (Å²) in [5.74, 6) is 0.825. The van der Waals surface area contributed by atoms with Crippen molar-refractivity contribution < 1.29 is 31.6 Å². The number of nitrogens with zero attached hydrogens (tertiary/aromatic N) is 7. The van der Waals surface area contributed by atoms with Crippen molar-refractivity contribution in [1.29, 1.82) is 0 Å². The Balaban J connectivity index is 0.950. The molecule has 238 valence electrons. The van der Waals surface area contributed by atoms with Gasteiger partial charge in [0.05, 0.1) is 31.4 Å². The maximum Gasteiger partial charge on any atom is 0.451 e. The van der Waals surface area contributed by atoms with Crippen molar-refractivity contribution >= 4 is 11.9 Å². The van der Waals surface area contributed by atoms with Gasteiger partial charge in [-0.05, 0) is 50.0 Å². The minimum Gasteiger partial charge on any atom is -0.498 e. The van der Waals surface area contributed by atoms with Gasteiger partial charge in [0.2, 0.25) is 11.7 Å². The molecule has 44 heavy (non-hydrogen) atoms. The van der Waals surface area contributed by atoms with Crippen LogP contribution >= 0.6 is 0 Å². The fourth-order valence-electron chi connectivity index (χ4n) is 6.35. The van der Waals surface area contributed by atoms with E-state index in [-0.39, 0.29) is 37.2 Å². The zero-order chi connectivity index (χ0) is 31.2. The predicted molar refractivity (Wildman–Crippen MR) is 151 cm³/mol. The number of carbonyl (C=O) groups is 1. The Kier molecular flexibility index (Phi) is 8.27. The zero-order valence-electron chi connectivity index (χ0n) is 25.1. The number of alkyl halides is 3. The highest BCUT2D eigenvalue weighted by Gasteiger charge is 2.42. The monoisotopic (exact) mass is 619 g/mol. The Hall–Kier alpha value is -3.71. The van der Waals surface area contributed by atoms with E-state index in [1.807, 2.05) is 13.8 Å². The van der Waals surface area contributed by atoms with Gasteiger partial charge in [0.25, 0.3) is 0 Å². The molecule has 14 heteroatoms. The first-order chi connectivity index (χ1) is 21.0. The number of aromatic nitrogens is 5. The molecule has 10 nitrogen and oxygen atoms in total. The van der Waals surface area contributed by atoms with Crippen molar-refractivity contribution in [1.82, 2.24) is 29.8 Å². The molecule has 4 aliphatic rings. The van der Waals surface area contributed by atoms with Crippen LogP contribution in [0.2, 0.25) is 0 Å². The van der Waals surface area contributed by atoms with Crippen LogP contribution in [0.25, 0.3) is 0 Å². The van der Waals surface area contributed by atoms with Crippen LogP contribution in [0, 0.1) is 11.8 Å². The summed E-state index contributed by atoms with van der Waals surface area (Å²) in [6.07, 6.45) is 2.73. The maximum atomic E-state index is 14.9. The molecule has 4 heterocycles. The van der Waals surface area contributed by atoms with Gasteiger partial charge >= 0.3 is 12.2 Å². The lowest BCUT2D eigenvalue weighted by Gasteiger charge is -2.33. The van der Waals surface area contributed by atoms with Crippen LogP contribution in [0.1, 0.15) is 88.7 Å². The standard InChI is InChI=1S/C30H37F4N7O3/c1-17(2)27-35-29(44-38-27)39-9-6-19(7-10-39)23-12-20(23)8-11-43-22-5-4-21(24(31)14-22)13-26(42)40-15-18(3)41-25(16-40)36-37-28(41)30(32,33)34/h6,14,17-18,20,23H,4-5,7-13,15-16H2,1-3H3. The number of fused-ring (bicyclic) bond motifs is 1. The molecule has 2 aromatic rings. The summed E-state index contributed by atoms with van der Waals surface area (Å²) in [4.78, 5) is 21.0. The third kappa shape index (κ3) is 6.39. The molecule has 1 amide bonds. The number of hydrogen-bond acceptors (Lipinski definition) is 8. The fraction of sp³-hybridized carbons (Fsp3) is 0.633. The lowest BCUT2D eigenvalue weighted by atomic mass is 9.99. The fourth-order valence-corrected chi connectivity index (χ4v) is 6.35. The number of carbonyl (C=O) groups excluding carboxylic acids is 1. The second-order valence-corrected chi connectivity index (χ2v) is 12.5. The van der Waals surface area contributed by atoms with E-state index in [1.165, 1.54) is 16.5 Å². The van der Waals surface area contributed by atoms with Crippen molar-refractivity contribution in [2.24, 2.45) is 11.8 Å². The number of hydrogen-bond donors (Lipinski definition) is 0. The molecule has 6 rings (SSSR count). The minimum absolute atomic E-state index is 0.0706. The van der Waals surface area contributed by atoms with Crippen LogP contribution in [0.15, 0.2) is 39.4 Å². The first kappa shape index (κ1) is 30.3. The molecule has 2 aliphatic heterocycles. The molecule has 0 N–H and O–H groups in total. The number of anilines is 1. The third-order valence-electron chi connectivity index (χ3n) is 8.93. The van der Waals surface area contributed by atoms with Crippen molar-refractivity contribution in [2.45, 2.75) is 84.0 Å². The first-order valence-electron chi connectivity index (χ1n) is 15.2. The van der Waals surface area contributed by atoms with Gasteiger partial charge in [0.15, 0.2) is 11.6 Å². The van der Waals surface area contributed by atoms with Crippen molar-refractivity contribution in [3.63, 3.8) is 0 Å². The number of halogens is 4. The van der Waals surface area contributed by atoms with E-state index in [2.05, 4.69) is 31.3 Å². The third-order valence-corrected chi connectivity index (χ3v) is 8.93. The molecule has 0 radical (unpaired) electrons. The van der Waals surface area contributed by atoms with E-state index in [9.17, 15) is 22.4 Å². The lowest BCUT2D eigenvalue weighted by molar-refractivity contribution is -0.149. The second kappa shape index (κ2) is 12.0. The Bertz CT molecular complexity index is 1490. The quantitative estimate of drug-likeness (QED) is 0.254. The highest BCUT2D eigenvalue weighted by molar-refractivity contribution is 5.79. The Morgan fingerprint density at radius 3 is 2.70 bits per heavy atom.